The molecule has 0 bridgehead atoms. The maximum Gasteiger partial charge on any atom is 0.143 e. The molecule has 0 radical (unpaired) electrons. The third-order valence-corrected chi connectivity index (χ3v) is 3.63. The van der Waals surface area contributed by atoms with E-state index in [1.54, 1.807) is 0 Å². The Morgan fingerprint density at radius 1 is 1.12 bits per heavy atom. The summed E-state index contributed by atoms with van der Waals surface area (Å²) >= 11 is 0. The van der Waals surface area contributed by atoms with Crippen LogP contribution in [0.5, 0.6) is 5.75 Å². The number of para-hydroxylation sites is 1. The predicted octanol–water partition coefficient (Wildman–Crippen LogP) is 3.37. The number of hydrogen-bond acceptors (Lipinski definition) is 2. The third kappa shape index (κ3) is 1.89. The van der Waals surface area contributed by atoms with Crippen LogP contribution in [0.2, 0.25) is 0 Å². The largest absolute Gasteiger partial charge is 0.488 e. The molecule has 1 aliphatic heterocycles. The van der Waals surface area contributed by atoms with Crippen LogP contribution in [-0.4, -0.2) is 12.6 Å². The first-order chi connectivity index (χ1) is 7.93. The number of fused-ring (bicyclic) bond motifs is 1. The Morgan fingerprint density at radius 3 is 2.88 bits per heavy atom. The molecule has 0 atom stereocenters. The average Bonchev–Trinajstić information content (AvgIpc) is 2.82. The van der Waals surface area contributed by atoms with Crippen LogP contribution in [0.4, 0.5) is 5.69 Å². The zero-order chi connectivity index (χ0) is 10.8. The first kappa shape index (κ1) is 10.0. The zero-order valence-electron chi connectivity index (χ0n) is 9.67. The molecule has 1 aromatic rings. The molecule has 1 aliphatic carbocycles. The Hall–Kier alpha value is -1.18. The summed E-state index contributed by atoms with van der Waals surface area (Å²) in [5.41, 5.74) is 2.67. The van der Waals surface area contributed by atoms with Crippen molar-refractivity contribution in [2.75, 3.05) is 11.9 Å². The van der Waals surface area contributed by atoms with Gasteiger partial charge in [0.05, 0.1) is 11.8 Å². The fourth-order valence-electron chi connectivity index (χ4n) is 2.76. The fraction of sp³-hybridized carbons (Fsp3) is 0.571. The number of anilines is 1. The summed E-state index contributed by atoms with van der Waals surface area (Å²) in [6.07, 6.45) is 7.98. The highest BCUT2D eigenvalue weighted by Gasteiger charge is 2.19. The summed E-state index contributed by atoms with van der Waals surface area (Å²) in [5, 5.41) is 3.48. The molecule has 1 N–H and O–H groups in total. The lowest BCUT2D eigenvalue weighted by molar-refractivity contribution is 0.211. The van der Waals surface area contributed by atoms with Crippen LogP contribution in [-0.2, 0) is 6.42 Å². The molecule has 1 aromatic carbocycles. The molecule has 0 aromatic heterocycles. The summed E-state index contributed by atoms with van der Waals surface area (Å²) in [5.74, 6) is 1.07. The van der Waals surface area contributed by atoms with Crippen LogP contribution in [0, 0.1) is 0 Å². The van der Waals surface area contributed by atoms with Gasteiger partial charge in [0.2, 0.25) is 0 Å². The van der Waals surface area contributed by atoms with Crippen LogP contribution in [0.15, 0.2) is 18.2 Å². The van der Waals surface area contributed by atoms with Gasteiger partial charge < -0.3 is 10.1 Å². The van der Waals surface area contributed by atoms with E-state index < -0.39 is 0 Å². The molecule has 3 rings (SSSR count). The Morgan fingerprint density at radius 2 is 2.00 bits per heavy atom. The van der Waals surface area contributed by atoms with Gasteiger partial charge in [-0.15, -0.1) is 0 Å². The van der Waals surface area contributed by atoms with Gasteiger partial charge in [0.1, 0.15) is 5.75 Å². The van der Waals surface area contributed by atoms with Crippen molar-refractivity contribution < 1.29 is 4.74 Å². The molecule has 0 saturated heterocycles. The molecular weight excluding hydrogens is 198 g/mol. The van der Waals surface area contributed by atoms with Crippen molar-refractivity contribution >= 4 is 5.69 Å². The van der Waals surface area contributed by atoms with E-state index in [1.807, 2.05) is 0 Å². The second kappa shape index (κ2) is 4.36. The van der Waals surface area contributed by atoms with Crippen molar-refractivity contribution in [3.8, 4) is 5.75 Å². The second-order valence-electron chi connectivity index (χ2n) is 4.84. The highest BCUT2D eigenvalue weighted by atomic mass is 16.5. The molecule has 1 heterocycles. The molecule has 1 saturated carbocycles. The number of hydrogen-bond donors (Lipinski definition) is 1. The Bertz CT molecular complexity index is 369. The van der Waals surface area contributed by atoms with Gasteiger partial charge >= 0.3 is 0 Å². The van der Waals surface area contributed by atoms with E-state index in [9.17, 15) is 0 Å². The summed E-state index contributed by atoms with van der Waals surface area (Å²) in [6, 6.07) is 6.44. The van der Waals surface area contributed by atoms with Gasteiger partial charge in [0.15, 0.2) is 0 Å². The van der Waals surface area contributed by atoms with E-state index in [4.69, 9.17) is 4.74 Å². The standard InChI is InChI=1S/C14H19NO/c1-2-8-12(7-1)16-13-9-3-5-11-6-4-10-15-14(11)13/h3,5,9,12,15H,1-2,4,6-8,10H2. The lowest BCUT2D eigenvalue weighted by Crippen LogP contribution is -2.16. The monoisotopic (exact) mass is 217 g/mol. The quantitative estimate of drug-likeness (QED) is 0.820. The molecule has 2 heteroatoms. The number of ether oxygens (including phenoxy) is 1. The minimum Gasteiger partial charge on any atom is -0.488 e. The van der Waals surface area contributed by atoms with E-state index >= 15 is 0 Å². The minimum atomic E-state index is 0.454. The molecular formula is C14H19NO. The summed E-state index contributed by atoms with van der Waals surface area (Å²) in [4.78, 5) is 0. The molecule has 0 unspecified atom stereocenters. The molecule has 1 fully saturated rings. The number of rotatable bonds is 2. The number of aryl methyl sites for hydroxylation is 1. The smallest absolute Gasteiger partial charge is 0.143 e. The van der Waals surface area contributed by atoms with Crippen LogP contribution in [0.25, 0.3) is 0 Å². The van der Waals surface area contributed by atoms with E-state index in [-0.39, 0.29) is 0 Å². The van der Waals surface area contributed by atoms with E-state index in [0.29, 0.717) is 6.10 Å². The van der Waals surface area contributed by atoms with Crippen LogP contribution in [0.3, 0.4) is 0 Å². The molecule has 2 nitrogen and oxygen atoms in total. The van der Waals surface area contributed by atoms with Crippen molar-refractivity contribution in [3.63, 3.8) is 0 Å². The Kier molecular flexibility index (Phi) is 2.73. The highest BCUT2D eigenvalue weighted by molar-refractivity contribution is 5.63. The summed E-state index contributed by atoms with van der Waals surface area (Å²) in [6.45, 7) is 1.08. The van der Waals surface area contributed by atoms with Crippen LogP contribution >= 0.6 is 0 Å². The predicted molar refractivity (Wildman–Crippen MR) is 66.1 cm³/mol. The lowest BCUT2D eigenvalue weighted by atomic mass is 10.0. The van der Waals surface area contributed by atoms with Gasteiger partial charge in [-0.1, -0.05) is 12.1 Å². The van der Waals surface area contributed by atoms with Crippen molar-refractivity contribution in [1.82, 2.24) is 0 Å². The van der Waals surface area contributed by atoms with E-state index in [0.717, 1.165) is 12.3 Å². The number of benzene rings is 1. The first-order valence-electron chi connectivity index (χ1n) is 6.46. The second-order valence-corrected chi connectivity index (χ2v) is 4.84. The number of nitrogens with one attached hydrogen (secondary N) is 1. The van der Waals surface area contributed by atoms with Gasteiger partial charge in [-0.2, -0.15) is 0 Å². The zero-order valence-corrected chi connectivity index (χ0v) is 9.67. The normalized spacial score (nSPS) is 20.2. The van der Waals surface area contributed by atoms with Crippen LogP contribution < -0.4 is 10.1 Å². The highest BCUT2D eigenvalue weighted by Crippen LogP contribution is 2.34. The van der Waals surface area contributed by atoms with Gasteiger partial charge in [0.25, 0.3) is 0 Å². The van der Waals surface area contributed by atoms with Crippen LogP contribution in [0.1, 0.15) is 37.7 Å². The Labute approximate surface area is 97.0 Å². The van der Waals surface area contributed by atoms with Gasteiger partial charge in [-0.25, -0.2) is 0 Å². The van der Waals surface area contributed by atoms with Gasteiger partial charge in [-0.05, 0) is 50.2 Å². The summed E-state index contributed by atoms with van der Waals surface area (Å²) < 4.78 is 6.11. The van der Waals surface area contributed by atoms with E-state index in [2.05, 4.69) is 23.5 Å². The molecule has 0 amide bonds. The molecule has 0 spiro atoms. The molecule has 16 heavy (non-hydrogen) atoms. The van der Waals surface area contributed by atoms with Crippen molar-refractivity contribution in [2.45, 2.75) is 44.6 Å². The van der Waals surface area contributed by atoms with E-state index in [1.165, 1.54) is 49.8 Å². The van der Waals surface area contributed by atoms with Crippen molar-refractivity contribution in [3.05, 3.63) is 23.8 Å². The van der Waals surface area contributed by atoms with Gasteiger partial charge in [0, 0.05) is 6.54 Å². The fourth-order valence-corrected chi connectivity index (χ4v) is 2.76. The SMILES string of the molecule is c1cc2c(c(OC3CCCC3)c1)NCCC2. The Balaban J connectivity index is 1.82. The van der Waals surface area contributed by atoms with Crippen molar-refractivity contribution in [1.29, 1.82) is 0 Å². The maximum absolute atomic E-state index is 6.11. The minimum absolute atomic E-state index is 0.454. The maximum atomic E-state index is 6.11. The van der Waals surface area contributed by atoms with Crippen molar-refractivity contribution in [2.24, 2.45) is 0 Å². The summed E-state index contributed by atoms with van der Waals surface area (Å²) in [7, 11) is 0. The third-order valence-electron chi connectivity index (χ3n) is 3.63. The lowest BCUT2D eigenvalue weighted by Gasteiger charge is -2.23. The molecule has 86 valence electrons. The average molecular weight is 217 g/mol. The molecule has 2 aliphatic rings. The first-order valence-corrected chi connectivity index (χ1v) is 6.46. The van der Waals surface area contributed by atoms with Gasteiger partial charge in [-0.3, -0.25) is 0 Å². The topological polar surface area (TPSA) is 21.3 Å².